The number of pyridine rings is 3. The van der Waals surface area contributed by atoms with E-state index >= 15 is 0 Å². The summed E-state index contributed by atoms with van der Waals surface area (Å²) in [5.41, 5.74) is 0.729. The molecule has 3 saturated carbocycles. The second kappa shape index (κ2) is 38.2. The molecule has 92 heavy (non-hydrogen) atoms. The van der Waals surface area contributed by atoms with E-state index in [0.717, 1.165) is 159 Å². The zero-order chi connectivity index (χ0) is 66.0. The van der Waals surface area contributed by atoms with Gasteiger partial charge in [0.2, 0.25) is 0 Å². The third-order valence-corrected chi connectivity index (χ3v) is 21.0. The maximum absolute atomic E-state index is 13.0. The van der Waals surface area contributed by atoms with Crippen molar-refractivity contribution in [2.24, 2.45) is 0 Å². The number of carboxylic acids is 3. The van der Waals surface area contributed by atoms with Crippen molar-refractivity contribution in [3.8, 4) is 0 Å². The molecule has 510 valence electrons. The van der Waals surface area contributed by atoms with Crippen LogP contribution in [-0.2, 0) is 28.6 Å². The molecule has 0 spiro atoms. The van der Waals surface area contributed by atoms with E-state index < -0.39 is 29.6 Å². The van der Waals surface area contributed by atoms with Crippen molar-refractivity contribution in [1.29, 1.82) is 0 Å². The largest absolute Gasteiger partial charge is 0.480 e. The fourth-order valence-corrected chi connectivity index (χ4v) is 15.0. The third-order valence-electron chi connectivity index (χ3n) is 17.5. The van der Waals surface area contributed by atoms with Gasteiger partial charge < -0.3 is 60.2 Å². The number of thioether (sulfide) groups is 3. The maximum atomic E-state index is 13.0. The number of hydrogen-bond acceptors (Lipinski definition) is 18. The molecule has 4 atom stereocenters. The van der Waals surface area contributed by atoms with Gasteiger partial charge in [-0.15, -0.1) is 35.3 Å². The van der Waals surface area contributed by atoms with Crippen molar-refractivity contribution < 1.29 is 58.3 Å². The molecule has 24 heteroatoms. The molecule has 0 aromatic carbocycles. The fourth-order valence-electron chi connectivity index (χ4n) is 12.4. The number of aliphatic carboxylic acids is 3. The molecule has 0 bridgehead atoms. The molecule has 4 unspecified atom stereocenters. The van der Waals surface area contributed by atoms with E-state index in [0.29, 0.717) is 36.3 Å². The van der Waals surface area contributed by atoms with E-state index in [1.54, 1.807) is 56.1 Å². The molecule has 3 aromatic rings. The number of nitrogens with one attached hydrogen (secondary N) is 3. The van der Waals surface area contributed by atoms with Gasteiger partial charge in [-0.2, -0.15) is 0 Å². The molecule has 3 aliphatic carbocycles. The van der Waals surface area contributed by atoms with E-state index in [1.807, 2.05) is 36.4 Å². The van der Waals surface area contributed by atoms with Crippen molar-refractivity contribution in [2.75, 3.05) is 77.8 Å². The molecule has 3 aliphatic heterocycles. The van der Waals surface area contributed by atoms with Gasteiger partial charge in [0, 0.05) is 57.4 Å². The number of carbonyl (C=O) groups excluding carboxylic acids is 3. The molecule has 0 radical (unpaired) electrons. The smallest absolute Gasteiger partial charge is 0.335 e. The highest BCUT2D eigenvalue weighted by molar-refractivity contribution is 7.99. The molecule has 21 nitrogen and oxygen atoms in total. The summed E-state index contributed by atoms with van der Waals surface area (Å²) >= 11 is 4.86. The minimum absolute atomic E-state index is 0.0281. The van der Waals surface area contributed by atoms with Crippen LogP contribution >= 0.6 is 35.3 Å². The maximum Gasteiger partial charge on any atom is 0.335 e. The van der Waals surface area contributed by atoms with Gasteiger partial charge in [0.1, 0.15) is 39.1 Å². The number of ether oxygens (including phenoxy) is 3. The highest BCUT2D eigenvalue weighted by Gasteiger charge is 2.35. The molecular formula is C68H103N9O12S3. The lowest BCUT2D eigenvalue weighted by Gasteiger charge is -2.36. The Morgan fingerprint density at radius 2 is 0.880 bits per heavy atom. The van der Waals surface area contributed by atoms with Crippen LogP contribution in [0.15, 0.2) is 51.5 Å². The van der Waals surface area contributed by atoms with Gasteiger partial charge in [-0.3, -0.25) is 14.4 Å². The summed E-state index contributed by atoms with van der Waals surface area (Å²) in [6, 6.07) is 12.2. The van der Waals surface area contributed by atoms with Crippen LogP contribution in [0.25, 0.3) is 0 Å². The first-order valence-corrected chi connectivity index (χ1v) is 37.0. The molecule has 9 rings (SSSR count). The lowest BCUT2D eigenvalue weighted by molar-refractivity contribution is -0.168. The van der Waals surface area contributed by atoms with Crippen LogP contribution in [-0.4, -0.2) is 177 Å². The first-order chi connectivity index (χ1) is 44.3. The Morgan fingerprint density at radius 1 is 0.511 bits per heavy atom. The Bertz CT molecular complexity index is 2860. The lowest BCUT2D eigenvalue weighted by atomic mass is 9.95. The summed E-state index contributed by atoms with van der Waals surface area (Å²) in [4.78, 5) is 93.0. The predicted molar refractivity (Wildman–Crippen MR) is 364 cm³/mol. The van der Waals surface area contributed by atoms with Crippen molar-refractivity contribution in [3.05, 3.63) is 53.1 Å². The first kappa shape index (κ1) is 74.0. The van der Waals surface area contributed by atoms with E-state index in [1.165, 1.54) is 57.8 Å². The quantitative estimate of drug-likeness (QED) is 0.0387. The fraction of sp³-hybridized carbons (Fsp3) is 0.691. The van der Waals surface area contributed by atoms with Crippen LogP contribution in [0, 0.1) is 0 Å². The Morgan fingerprint density at radius 3 is 1.25 bits per heavy atom. The molecular weight excluding hydrogens is 1230 g/mol. The van der Waals surface area contributed by atoms with Gasteiger partial charge in [-0.25, -0.2) is 29.3 Å². The number of nitrogens with zero attached hydrogens (tertiary/aromatic N) is 6. The SMILES string of the molecule is CCCSc1nc(N2CCC(OCC(=O)O)C2)ccc1C(=O)NC1CCCCC1.CCCSc1nc(N2CCCC(OC(C)(C)C(=O)O)C2)ccc1C(=O)NC1CCCCC1.CCCSc1nc(N2CCCC(OC(C)C(=O)O)C2)ccc1C(=O)NC1CCCCC1. The van der Waals surface area contributed by atoms with Crippen LogP contribution in [0.3, 0.4) is 0 Å². The molecule has 6 fully saturated rings. The highest BCUT2D eigenvalue weighted by Crippen LogP contribution is 2.33. The van der Waals surface area contributed by atoms with Gasteiger partial charge in [0.15, 0.2) is 11.7 Å². The summed E-state index contributed by atoms with van der Waals surface area (Å²) in [7, 11) is 0. The van der Waals surface area contributed by atoms with Crippen molar-refractivity contribution in [2.45, 2.75) is 252 Å². The second-order valence-electron chi connectivity index (χ2n) is 25.6. The summed E-state index contributed by atoms with van der Waals surface area (Å²) < 4.78 is 17.0. The van der Waals surface area contributed by atoms with Gasteiger partial charge in [0.05, 0.1) is 35.0 Å². The molecule has 3 aromatic heterocycles. The van der Waals surface area contributed by atoms with Crippen LogP contribution in [0.5, 0.6) is 0 Å². The standard InChI is InChI=1S/C24H37N3O4S.C23H35N3O4S.C21H31N3O4S/c1-4-15-32-22-19(21(28)25-17-9-6-5-7-10-17)12-13-20(26-22)27-14-8-11-18(16-27)31-24(2,3)23(29)30;1-3-14-31-22-19(21(27)24-17-8-5-4-6-9-17)11-12-20(25-22)26-13-7-10-18(15-26)30-16(2)23(28)29;1-2-12-29-21-17(20(27)22-15-6-4-3-5-7-15)8-9-18(23-21)24-11-10-16(13-24)28-14-19(25)26/h12-13,17-18H,4-11,14-16H2,1-3H3,(H,25,28)(H,29,30);11-12,16-18H,3-10,13-15H2,1-2H3,(H,24,27)(H,28,29);8-9,15-16H,2-7,10-14H2,1H3,(H,22,27)(H,25,26). The topological polar surface area (TPSA) is 275 Å². The van der Waals surface area contributed by atoms with Crippen LogP contribution in [0.1, 0.15) is 220 Å². The Kier molecular flexibility index (Phi) is 30.7. The van der Waals surface area contributed by atoms with Gasteiger partial charge in [-0.1, -0.05) is 78.6 Å². The summed E-state index contributed by atoms with van der Waals surface area (Å²) in [5.74, 6) is 2.23. The zero-order valence-corrected chi connectivity index (χ0v) is 57.7. The number of amides is 3. The number of carbonyl (C=O) groups is 6. The Labute approximate surface area is 558 Å². The van der Waals surface area contributed by atoms with Gasteiger partial charge in [-0.05, 0) is 164 Å². The first-order valence-electron chi connectivity index (χ1n) is 34.1. The zero-order valence-electron chi connectivity index (χ0n) is 55.3. The third kappa shape index (κ3) is 23.5. The van der Waals surface area contributed by atoms with Crippen LogP contribution < -0.4 is 30.7 Å². The van der Waals surface area contributed by atoms with Crippen LogP contribution in [0.4, 0.5) is 17.5 Å². The van der Waals surface area contributed by atoms with E-state index in [-0.39, 0.29) is 60.8 Å². The Balaban J connectivity index is 0.000000196. The summed E-state index contributed by atoms with van der Waals surface area (Å²) in [6.07, 6.45) is 23.2. The summed E-state index contributed by atoms with van der Waals surface area (Å²) in [6.45, 7) is 15.1. The van der Waals surface area contributed by atoms with Crippen LogP contribution in [0.2, 0.25) is 0 Å². The minimum atomic E-state index is -1.22. The molecule has 3 saturated heterocycles. The number of hydrogen-bond donors (Lipinski definition) is 6. The predicted octanol–water partition coefficient (Wildman–Crippen LogP) is 11.9. The number of anilines is 3. The molecule has 6 aliphatic rings. The normalized spacial score (nSPS) is 20.4. The summed E-state index contributed by atoms with van der Waals surface area (Å²) in [5, 5.41) is 39.2. The Hall–Kier alpha value is -5.40. The van der Waals surface area contributed by atoms with Gasteiger partial charge in [0.25, 0.3) is 17.7 Å². The monoisotopic (exact) mass is 1330 g/mol. The van der Waals surface area contributed by atoms with E-state index in [2.05, 4.69) is 51.4 Å². The van der Waals surface area contributed by atoms with Crippen molar-refractivity contribution in [3.63, 3.8) is 0 Å². The minimum Gasteiger partial charge on any atom is -0.480 e. The molecule has 3 amide bonds. The van der Waals surface area contributed by atoms with Crippen molar-refractivity contribution >= 4 is 88.4 Å². The number of aromatic nitrogens is 3. The van der Waals surface area contributed by atoms with Crippen molar-refractivity contribution in [1.82, 2.24) is 30.9 Å². The van der Waals surface area contributed by atoms with Gasteiger partial charge >= 0.3 is 17.9 Å². The van der Waals surface area contributed by atoms with E-state index in [4.69, 9.17) is 39.4 Å². The highest BCUT2D eigenvalue weighted by atomic mass is 32.2. The molecule has 6 N–H and O–H groups in total. The number of piperidine rings is 2. The number of carboxylic acid groups (broad SMARTS) is 3. The molecule has 6 heterocycles. The number of rotatable bonds is 27. The second-order valence-corrected chi connectivity index (χ2v) is 28.8. The average Bonchev–Trinajstić information content (AvgIpc) is 1.09. The van der Waals surface area contributed by atoms with E-state index in [9.17, 15) is 33.9 Å². The average molecular weight is 1330 g/mol. The lowest BCUT2D eigenvalue weighted by Crippen LogP contribution is -2.46.